The molecule has 1 rings (SSSR count). The highest BCUT2D eigenvalue weighted by Gasteiger charge is 1.97. The molecule has 0 atom stereocenters. The van der Waals surface area contributed by atoms with E-state index in [4.69, 9.17) is 0 Å². The zero-order chi connectivity index (χ0) is 8.97. The summed E-state index contributed by atoms with van der Waals surface area (Å²) in [5.41, 5.74) is 3.18. The van der Waals surface area contributed by atoms with Crippen LogP contribution in [0.25, 0.3) is 0 Å². The van der Waals surface area contributed by atoms with Crippen molar-refractivity contribution >= 4 is 5.69 Å². The molecule has 0 heterocycles. The lowest BCUT2D eigenvalue weighted by molar-refractivity contribution is 1.05. The smallest absolute Gasteiger partial charge is 0.106 e. The van der Waals surface area contributed by atoms with Crippen LogP contribution in [0.2, 0.25) is 0 Å². The number of nitroso groups, excluding NO2 is 1. The van der Waals surface area contributed by atoms with Gasteiger partial charge in [-0.05, 0) is 24.1 Å². The van der Waals surface area contributed by atoms with Crippen molar-refractivity contribution in [1.82, 2.24) is 0 Å². The Hall–Kier alpha value is -1.38. The lowest BCUT2D eigenvalue weighted by Gasteiger charge is -2.05. The van der Waals surface area contributed by atoms with Gasteiger partial charge in [0, 0.05) is 12.7 Å². The predicted octanol–water partition coefficient (Wildman–Crippen LogP) is 2.30. The molecule has 0 radical (unpaired) electrons. The molecule has 0 aliphatic rings. The van der Waals surface area contributed by atoms with Gasteiger partial charge in [-0.2, -0.15) is 4.91 Å². The Kier molecular flexibility index (Phi) is 2.80. The van der Waals surface area contributed by atoms with Crippen LogP contribution in [0.15, 0.2) is 23.4 Å². The van der Waals surface area contributed by atoms with E-state index in [0.717, 1.165) is 16.8 Å². The maximum Gasteiger partial charge on any atom is 0.106 e. The topological polar surface area (TPSA) is 41.5 Å². The molecular formula is C9H12N2O. The van der Waals surface area contributed by atoms with Gasteiger partial charge in [0.25, 0.3) is 0 Å². The minimum Gasteiger partial charge on any atom is -0.388 e. The average molecular weight is 164 g/mol. The minimum atomic E-state index is 0.255. The molecule has 0 saturated carbocycles. The molecule has 0 saturated heterocycles. The van der Waals surface area contributed by atoms with Gasteiger partial charge in [0.15, 0.2) is 0 Å². The first-order valence-corrected chi connectivity index (χ1v) is 3.84. The molecule has 0 fully saturated rings. The lowest BCUT2D eigenvalue weighted by atomic mass is 10.1. The predicted molar refractivity (Wildman–Crippen MR) is 50.2 cm³/mol. The van der Waals surface area contributed by atoms with Crippen molar-refractivity contribution in [2.45, 2.75) is 13.5 Å². The molecule has 0 aliphatic heterocycles. The van der Waals surface area contributed by atoms with Crippen molar-refractivity contribution < 1.29 is 0 Å². The lowest BCUT2D eigenvalue weighted by Crippen LogP contribution is -1.92. The van der Waals surface area contributed by atoms with E-state index >= 15 is 0 Å². The number of aryl methyl sites for hydroxylation is 1. The molecular weight excluding hydrogens is 152 g/mol. The second-order valence-corrected chi connectivity index (χ2v) is 2.69. The van der Waals surface area contributed by atoms with Crippen LogP contribution < -0.4 is 5.32 Å². The van der Waals surface area contributed by atoms with Gasteiger partial charge >= 0.3 is 0 Å². The summed E-state index contributed by atoms with van der Waals surface area (Å²) < 4.78 is 0. The van der Waals surface area contributed by atoms with E-state index in [1.807, 2.05) is 32.2 Å². The first-order valence-electron chi connectivity index (χ1n) is 3.84. The highest BCUT2D eigenvalue weighted by molar-refractivity contribution is 5.51. The van der Waals surface area contributed by atoms with Gasteiger partial charge in [-0.25, -0.2) is 0 Å². The first kappa shape index (κ1) is 8.71. The standard InChI is InChI=1S/C9H12N2O/c1-7-5-8(6-11-12)3-4-9(7)10-2/h3-5,10H,6H2,1-2H3. The van der Waals surface area contributed by atoms with Crippen LogP contribution in [0.1, 0.15) is 11.1 Å². The monoisotopic (exact) mass is 164 g/mol. The van der Waals surface area contributed by atoms with Crippen molar-refractivity contribution in [3.8, 4) is 0 Å². The summed E-state index contributed by atoms with van der Waals surface area (Å²) in [6.45, 7) is 2.25. The van der Waals surface area contributed by atoms with E-state index in [0.29, 0.717) is 0 Å². The SMILES string of the molecule is CNc1ccc(CN=O)cc1C. The summed E-state index contributed by atoms with van der Waals surface area (Å²) in [5, 5.41) is 5.89. The number of nitrogens with zero attached hydrogens (tertiary/aromatic N) is 1. The largest absolute Gasteiger partial charge is 0.388 e. The molecule has 0 bridgehead atoms. The van der Waals surface area contributed by atoms with Gasteiger partial charge in [-0.15, -0.1) is 0 Å². The number of rotatable bonds is 3. The normalized spacial score (nSPS) is 9.50. The quantitative estimate of drug-likeness (QED) is 0.696. The molecule has 0 amide bonds. The Bertz CT molecular complexity index is 284. The fourth-order valence-electron chi connectivity index (χ4n) is 1.18. The fraction of sp³-hybridized carbons (Fsp3) is 0.333. The molecule has 12 heavy (non-hydrogen) atoms. The number of benzene rings is 1. The van der Waals surface area contributed by atoms with Gasteiger partial charge in [0.2, 0.25) is 0 Å². The Morgan fingerprint density at radius 2 is 2.25 bits per heavy atom. The molecule has 0 unspecified atom stereocenters. The molecule has 64 valence electrons. The van der Waals surface area contributed by atoms with Crippen LogP contribution >= 0.6 is 0 Å². The summed E-state index contributed by atoms with van der Waals surface area (Å²) in [6, 6.07) is 5.82. The maximum atomic E-state index is 9.97. The Morgan fingerprint density at radius 3 is 2.75 bits per heavy atom. The van der Waals surface area contributed by atoms with Crippen LogP contribution in [-0.2, 0) is 6.54 Å². The van der Waals surface area contributed by atoms with Crippen LogP contribution in [0, 0.1) is 11.8 Å². The number of hydrogen-bond acceptors (Lipinski definition) is 3. The van der Waals surface area contributed by atoms with Crippen molar-refractivity contribution in [2.75, 3.05) is 12.4 Å². The summed E-state index contributed by atoms with van der Waals surface area (Å²) in [4.78, 5) is 9.97. The molecule has 0 aliphatic carbocycles. The highest BCUT2D eigenvalue weighted by Crippen LogP contribution is 2.15. The summed E-state index contributed by atoms with van der Waals surface area (Å²) in [6.07, 6.45) is 0. The van der Waals surface area contributed by atoms with Crippen LogP contribution in [0.5, 0.6) is 0 Å². The zero-order valence-electron chi connectivity index (χ0n) is 7.29. The van der Waals surface area contributed by atoms with Gasteiger partial charge in [-0.3, -0.25) is 0 Å². The Balaban J connectivity index is 2.93. The first-order chi connectivity index (χ1) is 5.77. The molecule has 1 N–H and O–H groups in total. The summed E-state index contributed by atoms with van der Waals surface area (Å²) >= 11 is 0. The van der Waals surface area contributed by atoms with Crippen LogP contribution in [0.4, 0.5) is 5.69 Å². The maximum absolute atomic E-state index is 9.97. The Morgan fingerprint density at radius 1 is 1.50 bits per heavy atom. The van der Waals surface area contributed by atoms with Gasteiger partial charge < -0.3 is 5.32 Å². The second-order valence-electron chi connectivity index (χ2n) is 2.69. The molecule has 1 aromatic carbocycles. The minimum absolute atomic E-state index is 0.255. The van der Waals surface area contributed by atoms with Crippen molar-refractivity contribution in [3.63, 3.8) is 0 Å². The van der Waals surface area contributed by atoms with Crippen LogP contribution in [0.3, 0.4) is 0 Å². The van der Waals surface area contributed by atoms with Crippen molar-refractivity contribution in [3.05, 3.63) is 34.2 Å². The molecule has 3 heteroatoms. The zero-order valence-corrected chi connectivity index (χ0v) is 7.29. The summed E-state index contributed by atoms with van der Waals surface area (Å²) in [5.74, 6) is 0. The van der Waals surface area contributed by atoms with Gasteiger partial charge in [0.05, 0.1) is 0 Å². The number of anilines is 1. The Labute approximate surface area is 71.8 Å². The third kappa shape index (κ3) is 1.81. The van der Waals surface area contributed by atoms with E-state index in [1.165, 1.54) is 0 Å². The fourth-order valence-corrected chi connectivity index (χ4v) is 1.18. The molecule has 3 nitrogen and oxygen atoms in total. The van der Waals surface area contributed by atoms with E-state index in [9.17, 15) is 4.91 Å². The average Bonchev–Trinajstić information content (AvgIpc) is 2.05. The second kappa shape index (κ2) is 3.85. The molecule has 0 spiro atoms. The van der Waals surface area contributed by atoms with E-state index in [1.54, 1.807) is 0 Å². The molecule has 0 aromatic heterocycles. The molecule has 1 aromatic rings. The third-order valence-electron chi connectivity index (χ3n) is 1.81. The van der Waals surface area contributed by atoms with Gasteiger partial charge in [0.1, 0.15) is 6.54 Å². The van der Waals surface area contributed by atoms with Crippen molar-refractivity contribution in [2.24, 2.45) is 5.18 Å². The van der Waals surface area contributed by atoms with E-state index < -0.39 is 0 Å². The number of nitrogens with one attached hydrogen (secondary N) is 1. The summed E-state index contributed by atoms with van der Waals surface area (Å²) in [7, 11) is 1.87. The van der Waals surface area contributed by atoms with Crippen LogP contribution in [-0.4, -0.2) is 7.05 Å². The van der Waals surface area contributed by atoms with E-state index in [-0.39, 0.29) is 6.54 Å². The number of hydrogen-bond donors (Lipinski definition) is 1. The van der Waals surface area contributed by atoms with Crippen molar-refractivity contribution in [1.29, 1.82) is 0 Å². The third-order valence-corrected chi connectivity index (χ3v) is 1.81. The van der Waals surface area contributed by atoms with E-state index in [2.05, 4.69) is 10.5 Å². The highest BCUT2D eigenvalue weighted by atomic mass is 16.3. The van der Waals surface area contributed by atoms with Gasteiger partial charge in [-0.1, -0.05) is 17.3 Å².